The molecule has 0 radical (unpaired) electrons. The van der Waals surface area contributed by atoms with Crippen molar-refractivity contribution in [3.8, 4) is 6.07 Å². The van der Waals surface area contributed by atoms with E-state index in [0.717, 1.165) is 18.4 Å². The number of carbonyl (C=O) groups excluding carboxylic acids is 3. The molecule has 0 bridgehead atoms. The van der Waals surface area contributed by atoms with Gasteiger partial charge in [0.15, 0.2) is 5.65 Å². The molecular formula is C17H17N5O4. The number of nitrogens with one attached hydrogen (secondary N) is 2. The molecule has 2 aromatic rings. The molecule has 9 nitrogen and oxygen atoms in total. The van der Waals surface area contributed by atoms with E-state index >= 15 is 0 Å². The lowest BCUT2D eigenvalue weighted by molar-refractivity contribution is -0.155. The van der Waals surface area contributed by atoms with Gasteiger partial charge >= 0.3 is 11.9 Å². The Morgan fingerprint density at radius 3 is 2.77 bits per heavy atom. The highest BCUT2D eigenvalue weighted by Crippen LogP contribution is 2.40. The number of hydrazine groups is 1. The third-order valence-corrected chi connectivity index (χ3v) is 3.91. The van der Waals surface area contributed by atoms with Crippen molar-refractivity contribution in [1.29, 1.82) is 5.26 Å². The maximum Gasteiger partial charge on any atom is 0.398 e. The lowest BCUT2D eigenvalue weighted by atomic mass is 10.1. The van der Waals surface area contributed by atoms with Crippen molar-refractivity contribution in [2.24, 2.45) is 0 Å². The monoisotopic (exact) mass is 355 g/mol. The summed E-state index contributed by atoms with van der Waals surface area (Å²) in [5.74, 6) is -2.20. The summed E-state index contributed by atoms with van der Waals surface area (Å²) in [6.07, 6.45) is 5.70. The van der Waals surface area contributed by atoms with Gasteiger partial charge in [0, 0.05) is 12.4 Å². The van der Waals surface area contributed by atoms with Crippen LogP contribution in [0, 0.1) is 11.3 Å². The normalized spacial score (nSPS) is 13.1. The Hall–Kier alpha value is -3.41. The van der Waals surface area contributed by atoms with Gasteiger partial charge in [0.25, 0.3) is 0 Å². The van der Waals surface area contributed by atoms with Crippen LogP contribution in [0.2, 0.25) is 0 Å². The first kappa shape index (κ1) is 17.4. The summed E-state index contributed by atoms with van der Waals surface area (Å²) in [5.41, 5.74) is 6.57. The smallest absolute Gasteiger partial charge is 0.398 e. The first-order chi connectivity index (χ1) is 12.5. The maximum atomic E-state index is 11.9. The molecule has 1 saturated carbocycles. The minimum absolute atomic E-state index is 0.0610. The second-order valence-electron chi connectivity index (χ2n) is 5.94. The van der Waals surface area contributed by atoms with E-state index in [9.17, 15) is 19.6 Å². The molecule has 2 N–H and O–H groups in total. The van der Waals surface area contributed by atoms with E-state index in [1.165, 1.54) is 0 Å². The second-order valence-corrected chi connectivity index (χ2v) is 5.94. The fourth-order valence-electron chi connectivity index (χ4n) is 2.56. The molecule has 1 aliphatic carbocycles. The van der Waals surface area contributed by atoms with E-state index in [-0.39, 0.29) is 13.0 Å². The third-order valence-electron chi connectivity index (χ3n) is 3.91. The van der Waals surface area contributed by atoms with Gasteiger partial charge < -0.3 is 9.14 Å². The Balaban J connectivity index is 1.67. The zero-order chi connectivity index (χ0) is 18.7. The fraction of sp³-hybridized carbons (Fsp3) is 0.353. The van der Waals surface area contributed by atoms with Crippen LogP contribution in [-0.4, -0.2) is 33.8 Å². The topological polar surface area (TPSA) is 126 Å². The van der Waals surface area contributed by atoms with Crippen LogP contribution in [0.1, 0.15) is 42.5 Å². The molecule has 0 aromatic carbocycles. The molecule has 0 atom stereocenters. The largest absolute Gasteiger partial charge is 0.459 e. The number of hydrogen-bond donors (Lipinski definition) is 2. The Labute approximate surface area is 148 Å². The van der Waals surface area contributed by atoms with Crippen LogP contribution in [0.15, 0.2) is 18.5 Å². The highest BCUT2D eigenvalue weighted by atomic mass is 16.5. The number of imidazole rings is 1. The van der Waals surface area contributed by atoms with Crippen LogP contribution < -0.4 is 10.9 Å². The average Bonchev–Trinajstić information content (AvgIpc) is 3.39. The minimum atomic E-state index is -1.08. The molecule has 1 fully saturated rings. The van der Waals surface area contributed by atoms with E-state index in [1.807, 2.05) is 17.7 Å². The molecule has 1 aliphatic rings. The van der Waals surface area contributed by atoms with Gasteiger partial charge in [-0.15, -0.1) is 0 Å². The third kappa shape index (κ3) is 3.80. The SMILES string of the molecule is CCOC(=O)C(=O)NNC(=O)Cc1cn2cc(C3CC3)cc(C#N)c2n1. The number of rotatable bonds is 4. The summed E-state index contributed by atoms with van der Waals surface area (Å²) >= 11 is 0. The van der Waals surface area contributed by atoms with Gasteiger partial charge in [0.2, 0.25) is 5.91 Å². The van der Waals surface area contributed by atoms with Crippen LogP contribution in [0.4, 0.5) is 0 Å². The first-order valence-electron chi connectivity index (χ1n) is 8.19. The van der Waals surface area contributed by atoms with Gasteiger partial charge in [-0.2, -0.15) is 5.26 Å². The minimum Gasteiger partial charge on any atom is -0.459 e. The number of esters is 1. The van der Waals surface area contributed by atoms with Gasteiger partial charge in [0.1, 0.15) is 6.07 Å². The van der Waals surface area contributed by atoms with Crippen LogP contribution in [0.5, 0.6) is 0 Å². The van der Waals surface area contributed by atoms with E-state index < -0.39 is 17.8 Å². The summed E-state index contributed by atoms with van der Waals surface area (Å²) in [5, 5.41) is 9.32. The van der Waals surface area contributed by atoms with Gasteiger partial charge in [-0.25, -0.2) is 9.78 Å². The number of amides is 2. The Morgan fingerprint density at radius 1 is 1.35 bits per heavy atom. The maximum absolute atomic E-state index is 11.9. The number of aromatic nitrogens is 2. The van der Waals surface area contributed by atoms with Crippen LogP contribution >= 0.6 is 0 Å². The molecule has 26 heavy (non-hydrogen) atoms. The van der Waals surface area contributed by atoms with Crippen molar-refractivity contribution < 1.29 is 19.1 Å². The molecule has 0 unspecified atom stereocenters. The molecule has 2 aromatic heterocycles. The number of fused-ring (bicyclic) bond motifs is 1. The van der Waals surface area contributed by atoms with Gasteiger partial charge in [-0.05, 0) is 37.3 Å². The number of hydrogen-bond acceptors (Lipinski definition) is 6. The van der Waals surface area contributed by atoms with E-state index in [1.54, 1.807) is 17.5 Å². The van der Waals surface area contributed by atoms with Crippen molar-refractivity contribution in [3.05, 3.63) is 35.3 Å². The first-order valence-corrected chi connectivity index (χ1v) is 8.19. The van der Waals surface area contributed by atoms with E-state index in [2.05, 4.69) is 21.2 Å². The van der Waals surface area contributed by atoms with Crippen molar-refractivity contribution in [3.63, 3.8) is 0 Å². The van der Waals surface area contributed by atoms with Crippen molar-refractivity contribution in [2.75, 3.05) is 6.61 Å². The van der Waals surface area contributed by atoms with Gasteiger partial charge in [0.05, 0.1) is 24.3 Å². The summed E-state index contributed by atoms with van der Waals surface area (Å²) < 4.78 is 6.25. The lowest BCUT2D eigenvalue weighted by Gasteiger charge is -2.05. The number of nitriles is 1. The summed E-state index contributed by atoms with van der Waals surface area (Å²) in [4.78, 5) is 38.8. The molecule has 134 valence electrons. The number of pyridine rings is 1. The van der Waals surface area contributed by atoms with Crippen molar-refractivity contribution in [1.82, 2.24) is 20.2 Å². The summed E-state index contributed by atoms with van der Waals surface area (Å²) in [6.45, 7) is 1.63. The number of carbonyl (C=O) groups is 3. The molecular weight excluding hydrogens is 338 g/mol. The molecule has 2 heterocycles. The highest BCUT2D eigenvalue weighted by Gasteiger charge is 2.25. The Kier molecular flexibility index (Phi) is 4.84. The standard InChI is InChI=1S/C17H17N5O4/c1-2-26-17(25)16(24)21-20-14(23)6-13-9-22-8-12(10-3-4-10)5-11(7-18)15(22)19-13/h5,8-10H,2-4,6H2,1H3,(H,20,23)(H,21,24). The molecule has 9 heteroatoms. The molecule has 0 spiro atoms. The summed E-state index contributed by atoms with van der Waals surface area (Å²) in [6, 6.07) is 3.97. The second kappa shape index (κ2) is 7.23. The van der Waals surface area contributed by atoms with E-state index in [0.29, 0.717) is 22.8 Å². The van der Waals surface area contributed by atoms with E-state index in [4.69, 9.17) is 0 Å². The quantitative estimate of drug-likeness (QED) is 0.463. The van der Waals surface area contributed by atoms with Crippen LogP contribution in [-0.2, 0) is 25.5 Å². The zero-order valence-corrected chi connectivity index (χ0v) is 14.1. The molecule has 3 rings (SSSR count). The predicted octanol–water partition coefficient (Wildman–Crippen LogP) is 0.336. The van der Waals surface area contributed by atoms with Gasteiger partial charge in [-0.3, -0.25) is 20.4 Å². The summed E-state index contributed by atoms with van der Waals surface area (Å²) in [7, 11) is 0. The molecule has 2 amide bonds. The van der Waals surface area contributed by atoms with Crippen molar-refractivity contribution >= 4 is 23.4 Å². The highest BCUT2D eigenvalue weighted by molar-refractivity contribution is 6.32. The van der Waals surface area contributed by atoms with Crippen LogP contribution in [0.3, 0.4) is 0 Å². The van der Waals surface area contributed by atoms with Crippen LogP contribution in [0.25, 0.3) is 5.65 Å². The van der Waals surface area contributed by atoms with Crippen molar-refractivity contribution in [2.45, 2.75) is 32.1 Å². The Morgan fingerprint density at radius 2 is 2.12 bits per heavy atom. The zero-order valence-electron chi connectivity index (χ0n) is 14.1. The number of nitrogens with zero attached hydrogens (tertiary/aromatic N) is 3. The average molecular weight is 355 g/mol. The number of ether oxygens (including phenoxy) is 1. The van der Waals surface area contributed by atoms with Gasteiger partial charge in [-0.1, -0.05) is 0 Å². The predicted molar refractivity (Wildman–Crippen MR) is 88.5 cm³/mol. The molecule has 0 aliphatic heterocycles. The Bertz CT molecular complexity index is 923. The fourth-order valence-corrected chi connectivity index (χ4v) is 2.56. The molecule has 0 saturated heterocycles. The lowest BCUT2D eigenvalue weighted by Crippen LogP contribution is -2.46.